The van der Waals surface area contributed by atoms with E-state index in [4.69, 9.17) is 10.2 Å². The van der Waals surface area contributed by atoms with E-state index in [-0.39, 0.29) is 5.92 Å². The van der Waals surface area contributed by atoms with Gasteiger partial charge in [-0.15, -0.1) is 5.10 Å². The number of fused-ring (bicyclic) bond motifs is 3. The lowest BCUT2D eigenvalue weighted by Crippen LogP contribution is -2.37. The maximum absolute atomic E-state index is 11.0. The average Bonchev–Trinajstić information content (AvgIpc) is 3.12. The lowest BCUT2D eigenvalue weighted by Gasteiger charge is -2.29. The highest BCUT2D eigenvalue weighted by Crippen LogP contribution is 2.40. The van der Waals surface area contributed by atoms with E-state index in [1.54, 1.807) is 0 Å². The summed E-state index contributed by atoms with van der Waals surface area (Å²) in [6, 6.07) is 0.499. The molecular weight excluding hydrogens is 270 g/mol. The van der Waals surface area contributed by atoms with Gasteiger partial charge in [0.05, 0.1) is 12.0 Å². The van der Waals surface area contributed by atoms with Crippen molar-refractivity contribution >= 4 is 17.9 Å². The Kier molecular flexibility index (Phi) is 3.01. The van der Waals surface area contributed by atoms with Crippen LogP contribution in [0.15, 0.2) is 0 Å². The Labute approximate surface area is 123 Å². The van der Waals surface area contributed by atoms with Crippen molar-refractivity contribution in [1.29, 1.82) is 0 Å². The number of carbonyl (C=O) groups is 1. The molecule has 0 bridgehead atoms. The van der Waals surface area contributed by atoms with Gasteiger partial charge in [0.15, 0.2) is 0 Å². The third kappa shape index (κ3) is 2.15. The molecule has 2 unspecified atom stereocenters. The molecule has 2 aliphatic heterocycles. The molecule has 2 atom stereocenters. The van der Waals surface area contributed by atoms with Crippen LogP contribution in [-0.2, 0) is 4.79 Å². The highest BCUT2D eigenvalue weighted by Gasteiger charge is 2.36. The van der Waals surface area contributed by atoms with Gasteiger partial charge in [-0.1, -0.05) is 6.42 Å². The molecule has 1 aromatic rings. The van der Waals surface area contributed by atoms with E-state index < -0.39 is 5.97 Å². The Bertz CT molecular complexity index is 550. The molecule has 114 valence electrons. The fourth-order valence-corrected chi connectivity index (χ4v) is 3.92. The molecule has 7 nitrogen and oxygen atoms in total. The lowest BCUT2D eigenvalue weighted by atomic mass is 9.97. The highest BCUT2D eigenvalue weighted by molar-refractivity contribution is 5.70. The number of nitrogens with zero attached hydrogens (tertiary/aromatic N) is 4. The number of piperidine rings is 1. The molecule has 0 aromatic carbocycles. The van der Waals surface area contributed by atoms with Crippen molar-refractivity contribution in [1.82, 2.24) is 14.8 Å². The summed E-state index contributed by atoms with van der Waals surface area (Å²) in [4.78, 5) is 17.8. The molecule has 2 N–H and O–H groups in total. The van der Waals surface area contributed by atoms with Gasteiger partial charge >= 0.3 is 5.97 Å². The summed E-state index contributed by atoms with van der Waals surface area (Å²) in [7, 11) is 0. The molecule has 1 saturated carbocycles. The first-order valence-electron chi connectivity index (χ1n) is 7.90. The summed E-state index contributed by atoms with van der Waals surface area (Å²) in [5, 5.41) is 17.2. The van der Waals surface area contributed by atoms with Crippen LogP contribution in [0.3, 0.4) is 0 Å². The molecule has 4 rings (SSSR count). The number of nitrogens with one attached hydrogen (secondary N) is 1. The van der Waals surface area contributed by atoms with Gasteiger partial charge in [-0.25, -0.2) is 4.68 Å². The van der Waals surface area contributed by atoms with Crippen LogP contribution in [0.2, 0.25) is 0 Å². The largest absolute Gasteiger partial charge is 0.481 e. The zero-order chi connectivity index (χ0) is 14.4. The van der Waals surface area contributed by atoms with Crippen molar-refractivity contribution in [3.63, 3.8) is 0 Å². The maximum atomic E-state index is 11.0. The highest BCUT2D eigenvalue weighted by atomic mass is 16.4. The molecule has 2 fully saturated rings. The zero-order valence-corrected chi connectivity index (χ0v) is 12.0. The molecule has 0 radical (unpaired) electrons. The summed E-state index contributed by atoms with van der Waals surface area (Å²) in [6.07, 6.45) is 5.10. The van der Waals surface area contributed by atoms with Crippen LogP contribution >= 0.6 is 0 Å². The van der Waals surface area contributed by atoms with Crippen molar-refractivity contribution in [2.45, 2.75) is 38.1 Å². The van der Waals surface area contributed by atoms with Crippen LogP contribution in [0.5, 0.6) is 0 Å². The average molecular weight is 291 g/mol. The normalized spacial score (nSPS) is 28.9. The molecule has 3 heterocycles. The quantitative estimate of drug-likeness (QED) is 0.855. The fourth-order valence-electron chi connectivity index (χ4n) is 3.92. The first kappa shape index (κ1) is 12.9. The minimum Gasteiger partial charge on any atom is -0.481 e. The van der Waals surface area contributed by atoms with Crippen LogP contribution in [0.4, 0.5) is 11.9 Å². The predicted octanol–water partition coefficient (Wildman–Crippen LogP) is 1.35. The second-order valence-electron chi connectivity index (χ2n) is 6.42. The minimum atomic E-state index is -0.679. The number of aliphatic carboxylic acids is 1. The molecule has 7 heteroatoms. The summed E-state index contributed by atoms with van der Waals surface area (Å²) < 4.78 is 2.07. The molecule has 0 spiro atoms. The van der Waals surface area contributed by atoms with Crippen molar-refractivity contribution in [3.8, 4) is 0 Å². The van der Waals surface area contributed by atoms with E-state index in [0.29, 0.717) is 24.8 Å². The Morgan fingerprint density at radius 3 is 2.81 bits per heavy atom. The standard InChI is InChI=1S/C14H21N5O2/c20-12(21)9-4-6-18(7-5-9)14-16-13-15-8-10-2-1-3-11(10)19(13)17-14/h9-11H,1-8H2,(H,20,21)(H,15,16,17). The number of anilines is 2. The molecule has 21 heavy (non-hydrogen) atoms. The fraction of sp³-hybridized carbons (Fsp3) is 0.786. The van der Waals surface area contributed by atoms with E-state index in [9.17, 15) is 4.79 Å². The Balaban J connectivity index is 1.51. The predicted molar refractivity (Wildman–Crippen MR) is 77.5 cm³/mol. The van der Waals surface area contributed by atoms with Gasteiger partial charge < -0.3 is 15.3 Å². The Morgan fingerprint density at radius 1 is 1.24 bits per heavy atom. The number of hydrogen-bond acceptors (Lipinski definition) is 5. The second-order valence-corrected chi connectivity index (χ2v) is 6.42. The number of carboxylic acid groups (broad SMARTS) is 1. The van der Waals surface area contributed by atoms with Crippen LogP contribution in [0.1, 0.15) is 38.1 Å². The van der Waals surface area contributed by atoms with Crippen LogP contribution in [-0.4, -0.2) is 45.5 Å². The number of rotatable bonds is 2. The van der Waals surface area contributed by atoms with Crippen LogP contribution < -0.4 is 10.2 Å². The molecular formula is C14H21N5O2. The SMILES string of the molecule is O=C(O)C1CCN(c2nc3n(n2)C2CCCC2CN3)CC1. The lowest BCUT2D eigenvalue weighted by molar-refractivity contribution is -0.142. The van der Waals surface area contributed by atoms with Crippen LogP contribution in [0.25, 0.3) is 0 Å². The smallest absolute Gasteiger partial charge is 0.306 e. The second kappa shape index (κ2) is 4.89. The first-order valence-corrected chi connectivity index (χ1v) is 7.90. The number of carboxylic acids is 1. The van der Waals surface area contributed by atoms with Crippen molar-refractivity contribution in [2.75, 3.05) is 29.9 Å². The number of aromatic nitrogens is 3. The van der Waals surface area contributed by atoms with Crippen molar-refractivity contribution < 1.29 is 9.90 Å². The zero-order valence-electron chi connectivity index (χ0n) is 12.0. The van der Waals surface area contributed by atoms with Gasteiger partial charge in [0.1, 0.15) is 0 Å². The number of hydrogen-bond donors (Lipinski definition) is 2. The summed E-state index contributed by atoms with van der Waals surface area (Å²) in [6.45, 7) is 2.47. The summed E-state index contributed by atoms with van der Waals surface area (Å²) in [5.41, 5.74) is 0. The third-order valence-electron chi connectivity index (χ3n) is 5.20. The van der Waals surface area contributed by atoms with E-state index in [2.05, 4.69) is 19.9 Å². The van der Waals surface area contributed by atoms with Crippen molar-refractivity contribution in [3.05, 3.63) is 0 Å². The topological polar surface area (TPSA) is 83.3 Å². The van der Waals surface area contributed by atoms with Gasteiger partial charge in [-0.2, -0.15) is 4.98 Å². The van der Waals surface area contributed by atoms with Gasteiger partial charge in [0.2, 0.25) is 11.9 Å². The van der Waals surface area contributed by atoms with Gasteiger partial charge in [0, 0.05) is 19.6 Å². The molecule has 1 saturated heterocycles. The maximum Gasteiger partial charge on any atom is 0.306 e. The Morgan fingerprint density at radius 2 is 2.05 bits per heavy atom. The monoisotopic (exact) mass is 291 g/mol. The van der Waals surface area contributed by atoms with E-state index in [0.717, 1.165) is 31.5 Å². The van der Waals surface area contributed by atoms with Gasteiger partial charge in [-0.3, -0.25) is 4.79 Å². The Hall–Kier alpha value is -1.79. The first-order chi connectivity index (χ1) is 10.2. The third-order valence-corrected chi connectivity index (χ3v) is 5.20. The molecule has 0 amide bonds. The molecule has 1 aliphatic carbocycles. The van der Waals surface area contributed by atoms with E-state index >= 15 is 0 Å². The molecule has 3 aliphatic rings. The van der Waals surface area contributed by atoms with Gasteiger partial charge in [-0.05, 0) is 31.6 Å². The molecule has 1 aromatic heterocycles. The van der Waals surface area contributed by atoms with E-state index in [1.807, 2.05) is 0 Å². The minimum absolute atomic E-state index is 0.212. The van der Waals surface area contributed by atoms with Gasteiger partial charge in [0.25, 0.3) is 0 Å². The summed E-state index contributed by atoms with van der Waals surface area (Å²) in [5.74, 6) is 1.44. The van der Waals surface area contributed by atoms with E-state index in [1.165, 1.54) is 19.3 Å². The van der Waals surface area contributed by atoms with Crippen molar-refractivity contribution in [2.24, 2.45) is 11.8 Å². The van der Waals surface area contributed by atoms with Crippen LogP contribution in [0, 0.1) is 11.8 Å². The summed E-state index contributed by atoms with van der Waals surface area (Å²) >= 11 is 0.